The molecule has 3 N–H and O–H groups in total. The van der Waals surface area contributed by atoms with Gasteiger partial charge in [-0.05, 0) is 25.6 Å². The highest BCUT2D eigenvalue weighted by molar-refractivity contribution is 7.11. The summed E-state index contributed by atoms with van der Waals surface area (Å²) in [4.78, 5) is 16.3. The molecule has 1 aliphatic heterocycles. The minimum absolute atomic E-state index is 0.221. The molecule has 0 amide bonds. The number of piperazine rings is 1. The van der Waals surface area contributed by atoms with Crippen molar-refractivity contribution in [2.45, 2.75) is 6.04 Å². The van der Waals surface area contributed by atoms with Crippen LogP contribution in [-0.4, -0.2) is 73.6 Å². The van der Waals surface area contributed by atoms with Gasteiger partial charge < -0.3 is 20.7 Å². The molecule has 1 fully saturated rings. The van der Waals surface area contributed by atoms with Gasteiger partial charge >= 0.3 is 5.97 Å². The normalized spacial score (nSPS) is 20.9. The Hall–Kier alpha value is -1.38. The monoisotopic (exact) mass is 299 g/mol. The molecule has 1 atom stereocenters. The number of methoxy groups -OCH3 is 1. The molecule has 112 valence electrons. The number of hydrogen-bond acceptors (Lipinski definition) is 8. The molecule has 1 aromatic rings. The van der Waals surface area contributed by atoms with Gasteiger partial charge in [-0.3, -0.25) is 4.90 Å². The highest BCUT2D eigenvalue weighted by Crippen LogP contribution is 2.27. The Labute approximate surface area is 122 Å². The van der Waals surface area contributed by atoms with Gasteiger partial charge in [0.05, 0.1) is 7.11 Å². The zero-order valence-corrected chi connectivity index (χ0v) is 12.9. The summed E-state index contributed by atoms with van der Waals surface area (Å²) in [6.07, 6.45) is 0. The van der Waals surface area contributed by atoms with Crippen LogP contribution in [0.1, 0.15) is 10.4 Å². The molecule has 1 aromatic heterocycles. The molecule has 0 aromatic carbocycles. The number of hydrogen-bond donors (Lipinski definition) is 2. The zero-order valence-electron chi connectivity index (χ0n) is 12.0. The van der Waals surface area contributed by atoms with Crippen molar-refractivity contribution in [1.29, 1.82) is 0 Å². The summed E-state index contributed by atoms with van der Waals surface area (Å²) in [7, 11) is 5.57. The first-order chi connectivity index (χ1) is 9.52. The second-order valence-corrected chi connectivity index (χ2v) is 5.81. The van der Waals surface area contributed by atoms with E-state index in [-0.39, 0.29) is 5.82 Å². The Bertz CT molecular complexity index is 478. The van der Waals surface area contributed by atoms with E-state index in [4.69, 9.17) is 10.5 Å². The van der Waals surface area contributed by atoms with E-state index < -0.39 is 5.97 Å². The van der Waals surface area contributed by atoms with Crippen molar-refractivity contribution in [3.8, 4) is 0 Å². The maximum Gasteiger partial charge on any atom is 0.344 e. The first-order valence-corrected chi connectivity index (χ1v) is 7.26. The predicted molar refractivity (Wildman–Crippen MR) is 80.3 cm³/mol. The number of nitrogen functional groups attached to an aromatic ring is 1. The van der Waals surface area contributed by atoms with Gasteiger partial charge in [-0.1, -0.05) is 0 Å². The molecule has 7 nitrogen and oxygen atoms in total. The Morgan fingerprint density at radius 3 is 3.00 bits per heavy atom. The van der Waals surface area contributed by atoms with Crippen molar-refractivity contribution in [2.75, 3.05) is 58.4 Å². The summed E-state index contributed by atoms with van der Waals surface area (Å²) in [5, 5.41) is 3.95. The quantitative estimate of drug-likeness (QED) is 0.767. The number of likely N-dealkylation sites (N-methyl/N-ethyl adjacent to an activating group) is 2. The van der Waals surface area contributed by atoms with E-state index >= 15 is 0 Å². The molecule has 20 heavy (non-hydrogen) atoms. The molecule has 0 radical (unpaired) electrons. The number of ether oxygens (including phenoxy) is 1. The van der Waals surface area contributed by atoms with Crippen LogP contribution in [0.4, 0.5) is 10.8 Å². The van der Waals surface area contributed by atoms with Crippen LogP contribution in [0, 0.1) is 0 Å². The number of anilines is 2. The Morgan fingerprint density at radius 1 is 1.55 bits per heavy atom. The zero-order chi connectivity index (χ0) is 14.7. The molecule has 0 saturated carbocycles. The van der Waals surface area contributed by atoms with Crippen LogP contribution in [0.3, 0.4) is 0 Å². The number of nitrogens with two attached hydrogens (primary N) is 1. The number of esters is 1. The standard InChI is InChI=1S/C12H21N5O2S/c1-16-4-5-17(2)8(7-16)6-14-11-9(12(18)19-3)10(13)15-20-11/h8,14H,4-7H2,1-3H3,(H2,13,15). The Kier molecular flexibility index (Phi) is 4.79. The molecular formula is C12H21N5O2S. The number of nitrogens with zero attached hydrogens (tertiary/aromatic N) is 3. The third kappa shape index (κ3) is 3.20. The van der Waals surface area contributed by atoms with Gasteiger partial charge in [0.25, 0.3) is 0 Å². The lowest BCUT2D eigenvalue weighted by atomic mass is 10.2. The van der Waals surface area contributed by atoms with Crippen molar-refractivity contribution >= 4 is 28.3 Å². The number of carbonyl (C=O) groups excluding carboxylic acids is 1. The van der Waals surface area contributed by atoms with Crippen molar-refractivity contribution in [3.05, 3.63) is 5.56 Å². The van der Waals surface area contributed by atoms with Gasteiger partial charge in [-0.15, -0.1) is 0 Å². The summed E-state index contributed by atoms with van der Waals surface area (Å²) in [5.41, 5.74) is 6.05. The topological polar surface area (TPSA) is 83.7 Å². The van der Waals surface area contributed by atoms with Gasteiger partial charge in [0.15, 0.2) is 5.82 Å². The summed E-state index contributed by atoms with van der Waals surface area (Å²) in [6, 6.07) is 0.391. The fourth-order valence-electron chi connectivity index (χ4n) is 2.25. The van der Waals surface area contributed by atoms with Gasteiger partial charge in [-0.2, -0.15) is 4.37 Å². The number of carbonyl (C=O) groups is 1. The SMILES string of the molecule is COC(=O)c1c(N)nsc1NCC1CN(C)CCN1C. The molecule has 1 unspecified atom stereocenters. The van der Waals surface area contributed by atoms with Crippen LogP contribution in [0.15, 0.2) is 0 Å². The lowest BCUT2D eigenvalue weighted by molar-refractivity contribution is 0.0603. The molecule has 0 aliphatic carbocycles. The van der Waals surface area contributed by atoms with Gasteiger partial charge in [0, 0.05) is 32.2 Å². The van der Waals surface area contributed by atoms with E-state index in [1.54, 1.807) is 0 Å². The second kappa shape index (κ2) is 6.38. The lowest BCUT2D eigenvalue weighted by Gasteiger charge is -2.37. The van der Waals surface area contributed by atoms with Crippen LogP contribution in [0.5, 0.6) is 0 Å². The smallest absolute Gasteiger partial charge is 0.344 e. The van der Waals surface area contributed by atoms with Crippen molar-refractivity contribution < 1.29 is 9.53 Å². The first-order valence-electron chi connectivity index (χ1n) is 6.49. The average molecular weight is 299 g/mol. The minimum Gasteiger partial charge on any atom is -0.465 e. The average Bonchev–Trinajstić information content (AvgIpc) is 2.80. The van der Waals surface area contributed by atoms with Crippen LogP contribution >= 0.6 is 11.5 Å². The Morgan fingerprint density at radius 2 is 2.30 bits per heavy atom. The summed E-state index contributed by atoms with van der Waals surface area (Å²) in [6.45, 7) is 3.85. The van der Waals surface area contributed by atoms with E-state index in [2.05, 4.69) is 33.6 Å². The number of aromatic nitrogens is 1. The number of nitrogens with one attached hydrogen (secondary N) is 1. The molecule has 8 heteroatoms. The van der Waals surface area contributed by atoms with Crippen LogP contribution in [-0.2, 0) is 4.74 Å². The largest absolute Gasteiger partial charge is 0.465 e. The Balaban J connectivity index is 2.02. The molecule has 0 bridgehead atoms. The van der Waals surface area contributed by atoms with Crippen LogP contribution in [0.25, 0.3) is 0 Å². The highest BCUT2D eigenvalue weighted by Gasteiger charge is 2.24. The molecule has 1 saturated heterocycles. The molecular weight excluding hydrogens is 278 g/mol. The van der Waals surface area contributed by atoms with Crippen molar-refractivity contribution in [2.24, 2.45) is 0 Å². The van der Waals surface area contributed by atoms with E-state index in [0.717, 1.165) is 26.2 Å². The van der Waals surface area contributed by atoms with E-state index in [1.807, 2.05) is 0 Å². The van der Waals surface area contributed by atoms with Crippen molar-refractivity contribution in [3.63, 3.8) is 0 Å². The highest BCUT2D eigenvalue weighted by atomic mass is 32.1. The molecule has 1 aliphatic rings. The lowest BCUT2D eigenvalue weighted by Crippen LogP contribution is -2.52. The van der Waals surface area contributed by atoms with Crippen LogP contribution in [0.2, 0.25) is 0 Å². The van der Waals surface area contributed by atoms with Gasteiger partial charge in [-0.25, -0.2) is 4.79 Å². The molecule has 2 heterocycles. The fraction of sp³-hybridized carbons (Fsp3) is 0.667. The summed E-state index contributed by atoms with van der Waals surface area (Å²) in [5.74, 6) is -0.230. The van der Waals surface area contributed by atoms with E-state index in [0.29, 0.717) is 16.6 Å². The van der Waals surface area contributed by atoms with Crippen molar-refractivity contribution in [1.82, 2.24) is 14.2 Å². The summed E-state index contributed by atoms with van der Waals surface area (Å²) < 4.78 is 8.75. The fourth-order valence-corrected chi connectivity index (χ4v) is 2.96. The van der Waals surface area contributed by atoms with E-state index in [9.17, 15) is 4.79 Å². The maximum absolute atomic E-state index is 11.7. The minimum atomic E-state index is -0.451. The first kappa shape index (κ1) is 15.0. The molecule has 2 rings (SSSR count). The third-order valence-corrected chi connectivity index (χ3v) is 4.41. The summed E-state index contributed by atoms with van der Waals surface area (Å²) >= 11 is 1.19. The predicted octanol–water partition coefficient (Wildman–Crippen LogP) is 0.170. The van der Waals surface area contributed by atoms with Gasteiger partial charge in [0.2, 0.25) is 0 Å². The second-order valence-electron chi connectivity index (χ2n) is 5.04. The maximum atomic E-state index is 11.7. The van der Waals surface area contributed by atoms with E-state index in [1.165, 1.54) is 18.6 Å². The molecule has 0 spiro atoms. The van der Waals surface area contributed by atoms with Gasteiger partial charge in [0.1, 0.15) is 10.6 Å². The third-order valence-electron chi connectivity index (χ3n) is 3.59. The number of rotatable bonds is 4. The van der Waals surface area contributed by atoms with Crippen LogP contribution < -0.4 is 11.1 Å².